The van der Waals surface area contributed by atoms with E-state index >= 15 is 0 Å². The first kappa shape index (κ1) is 22.2. The maximum atomic E-state index is 12.1. The number of nitrogens with zero attached hydrogens (tertiary/aromatic N) is 2. The number of amides is 2. The number of hydrogen-bond donors (Lipinski definition) is 3. The van der Waals surface area contributed by atoms with E-state index < -0.39 is 5.41 Å². The number of carbonyl (C=O) groups is 2. The minimum atomic E-state index is -0.606. The van der Waals surface area contributed by atoms with Gasteiger partial charge < -0.3 is 20.9 Å². The summed E-state index contributed by atoms with van der Waals surface area (Å²) in [5, 5.41) is 8.91. The van der Waals surface area contributed by atoms with Crippen LogP contribution in [-0.4, -0.2) is 61.4 Å². The molecule has 0 rings (SSSR count). The van der Waals surface area contributed by atoms with Crippen LogP contribution in [-0.2, 0) is 9.59 Å². The second-order valence-corrected chi connectivity index (χ2v) is 7.57. The molecule has 0 saturated heterocycles. The van der Waals surface area contributed by atoms with Gasteiger partial charge in [0, 0.05) is 25.7 Å². The Labute approximate surface area is 146 Å². The van der Waals surface area contributed by atoms with Gasteiger partial charge in [0.25, 0.3) is 0 Å². The van der Waals surface area contributed by atoms with E-state index in [1.54, 1.807) is 4.90 Å². The first-order valence-corrected chi connectivity index (χ1v) is 8.51. The molecule has 0 saturated carbocycles. The molecule has 0 aliphatic carbocycles. The summed E-state index contributed by atoms with van der Waals surface area (Å²) < 4.78 is 0. The highest BCUT2D eigenvalue weighted by atomic mass is 16.2. The number of hydrogen-bond acceptors (Lipinski definition) is 3. The van der Waals surface area contributed by atoms with Gasteiger partial charge in [-0.3, -0.25) is 14.6 Å². The summed E-state index contributed by atoms with van der Waals surface area (Å²) in [7, 11) is 1.81. The van der Waals surface area contributed by atoms with Gasteiger partial charge in [-0.2, -0.15) is 0 Å². The fraction of sp³-hybridized carbons (Fsp3) is 0.824. The fourth-order valence-corrected chi connectivity index (χ4v) is 1.96. The van der Waals surface area contributed by atoms with Crippen LogP contribution in [0.2, 0.25) is 0 Å². The SMILES string of the molecule is CCNC(=O)C(C)(C)CN=C(NCC)N(C)CC(=O)NC(C)(C)C. The van der Waals surface area contributed by atoms with Gasteiger partial charge in [-0.05, 0) is 48.5 Å². The lowest BCUT2D eigenvalue weighted by molar-refractivity contribution is -0.128. The molecule has 140 valence electrons. The Morgan fingerprint density at radius 1 is 1.00 bits per heavy atom. The first-order valence-electron chi connectivity index (χ1n) is 8.51. The van der Waals surface area contributed by atoms with Gasteiger partial charge in [0.15, 0.2) is 5.96 Å². The third kappa shape index (κ3) is 8.74. The van der Waals surface area contributed by atoms with Gasteiger partial charge in [0.2, 0.25) is 11.8 Å². The maximum Gasteiger partial charge on any atom is 0.240 e. The van der Waals surface area contributed by atoms with Crippen molar-refractivity contribution >= 4 is 17.8 Å². The summed E-state index contributed by atoms with van der Waals surface area (Å²) in [6.07, 6.45) is 0. The predicted molar refractivity (Wildman–Crippen MR) is 99.0 cm³/mol. The first-order chi connectivity index (χ1) is 10.9. The molecule has 0 aromatic carbocycles. The van der Waals surface area contributed by atoms with Crippen LogP contribution in [0.3, 0.4) is 0 Å². The lowest BCUT2D eigenvalue weighted by Crippen LogP contribution is -2.49. The molecule has 0 aliphatic heterocycles. The van der Waals surface area contributed by atoms with Crippen molar-refractivity contribution in [1.82, 2.24) is 20.9 Å². The van der Waals surface area contributed by atoms with Crippen LogP contribution in [0.5, 0.6) is 0 Å². The van der Waals surface area contributed by atoms with E-state index in [-0.39, 0.29) is 23.9 Å². The molecule has 0 fully saturated rings. The summed E-state index contributed by atoms with van der Waals surface area (Å²) in [5.41, 5.74) is -0.876. The molecule has 3 N–H and O–H groups in total. The molecule has 0 radical (unpaired) electrons. The lowest BCUT2D eigenvalue weighted by atomic mass is 9.92. The van der Waals surface area contributed by atoms with Crippen molar-refractivity contribution in [2.75, 3.05) is 33.2 Å². The molecule has 7 nitrogen and oxygen atoms in total. The molecular formula is C17H35N5O2. The van der Waals surface area contributed by atoms with Gasteiger partial charge in [-0.15, -0.1) is 0 Å². The average molecular weight is 342 g/mol. The van der Waals surface area contributed by atoms with E-state index in [0.29, 0.717) is 25.6 Å². The van der Waals surface area contributed by atoms with Crippen LogP contribution < -0.4 is 16.0 Å². The van der Waals surface area contributed by atoms with E-state index in [0.717, 1.165) is 0 Å². The molecule has 24 heavy (non-hydrogen) atoms. The molecule has 0 aliphatic rings. The average Bonchev–Trinajstić information content (AvgIpc) is 2.41. The zero-order valence-corrected chi connectivity index (χ0v) is 16.5. The topological polar surface area (TPSA) is 85.8 Å². The van der Waals surface area contributed by atoms with Crippen LogP contribution in [0.25, 0.3) is 0 Å². The largest absolute Gasteiger partial charge is 0.357 e. The normalized spacial score (nSPS) is 12.6. The van der Waals surface area contributed by atoms with Crippen molar-refractivity contribution < 1.29 is 9.59 Å². The molecule has 0 bridgehead atoms. The summed E-state index contributed by atoms with van der Waals surface area (Å²) >= 11 is 0. The Morgan fingerprint density at radius 3 is 2.00 bits per heavy atom. The summed E-state index contributed by atoms with van der Waals surface area (Å²) in [5.74, 6) is 0.509. The van der Waals surface area contributed by atoms with Crippen LogP contribution >= 0.6 is 0 Å². The summed E-state index contributed by atoms with van der Waals surface area (Å²) in [6.45, 7) is 15.2. The van der Waals surface area contributed by atoms with E-state index in [9.17, 15) is 9.59 Å². The lowest BCUT2D eigenvalue weighted by Gasteiger charge is -2.27. The predicted octanol–water partition coefficient (Wildman–Crippen LogP) is 0.961. The highest BCUT2D eigenvalue weighted by Gasteiger charge is 2.27. The molecule has 7 heteroatoms. The third-order valence-corrected chi connectivity index (χ3v) is 3.17. The molecule has 0 atom stereocenters. The second kappa shape index (κ2) is 9.49. The Morgan fingerprint density at radius 2 is 1.54 bits per heavy atom. The number of aliphatic imine (C=N–C) groups is 1. The minimum absolute atomic E-state index is 0.0299. The van der Waals surface area contributed by atoms with Crippen LogP contribution in [0.1, 0.15) is 48.5 Å². The third-order valence-electron chi connectivity index (χ3n) is 3.17. The Hall–Kier alpha value is -1.79. The Balaban J connectivity index is 4.94. The standard InChI is InChI=1S/C17H35N5O2/c1-9-18-14(24)17(6,7)12-20-15(19-10-2)22(8)11-13(23)21-16(3,4)5/h9-12H2,1-8H3,(H,18,24)(H,19,20)(H,21,23). The molecule has 0 unspecified atom stereocenters. The molecule has 0 aromatic rings. The van der Waals surface area contributed by atoms with Crippen molar-refractivity contribution in [2.45, 2.75) is 54.0 Å². The van der Waals surface area contributed by atoms with Gasteiger partial charge >= 0.3 is 0 Å². The van der Waals surface area contributed by atoms with E-state index in [2.05, 4.69) is 20.9 Å². The second-order valence-electron chi connectivity index (χ2n) is 7.57. The van der Waals surface area contributed by atoms with Crippen molar-refractivity contribution in [1.29, 1.82) is 0 Å². The van der Waals surface area contributed by atoms with Gasteiger partial charge in [0.1, 0.15) is 0 Å². The molecule has 2 amide bonds. The van der Waals surface area contributed by atoms with Gasteiger partial charge in [0.05, 0.1) is 18.5 Å². The van der Waals surface area contributed by atoms with Crippen LogP contribution in [0.4, 0.5) is 0 Å². The number of likely N-dealkylation sites (N-methyl/N-ethyl adjacent to an activating group) is 1. The maximum absolute atomic E-state index is 12.1. The molecular weight excluding hydrogens is 306 g/mol. The molecule has 0 spiro atoms. The highest BCUT2D eigenvalue weighted by molar-refractivity contribution is 5.87. The molecule has 0 heterocycles. The number of rotatable bonds is 7. The fourth-order valence-electron chi connectivity index (χ4n) is 1.96. The number of carbonyl (C=O) groups excluding carboxylic acids is 2. The summed E-state index contributed by atoms with van der Waals surface area (Å²) in [4.78, 5) is 30.4. The molecule has 0 aromatic heterocycles. The van der Waals surface area contributed by atoms with Gasteiger partial charge in [-0.25, -0.2) is 0 Å². The van der Waals surface area contributed by atoms with Crippen molar-refractivity contribution in [2.24, 2.45) is 10.4 Å². The quantitative estimate of drug-likeness (QED) is 0.476. The van der Waals surface area contributed by atoms with Crippen molar-refractivity contribution in [3.63, 3.8) is 0 Å². The number of guanidine groups is 1. The number of nitrogens with one attached hydrogen (secondary N) is 3. The summed E-state index contributed by atoms with van der Waals surface area (Å²) in [6, 6.07) is 0. The zero-order valence-electron chi connectivity index (χ0n) is 16.5. The van der Waals surface area contributed by atoms with E-state index in [1.807, 2.05) is 55.5 Å². The Kier molecular flexibility index (Phi) is 8.78. The van der Waals surface area contributed by atoms with E-state index in [4.69, 9.17) is 0 Å². The zero-order chi connectivity index (χ0) is 19.0. The van der Waals surface area contributed by atoms with Crippen LogP contribution in [0, 0.1) is 5.41 Å². The van der Waals surface area contributed by atoms with Gasteiger partial charge in [-0.1, -0.05) is 0 Å². The minimum Gasteiger partial charge on any atom is -0.357 e. The monoisotopic (exact) mass is 341 g/mol. The highest BCUT2D eigenvalue weighted by Crippen LogP contribution is 2.15. The Bertz CT molecular complexity index is 452. The van der Waals surface area contributed by atoms with E-state index in [1.165, 1.54) is 0 Å². The van der Waals surface area contributed by atoms with Crippen LogP contribution in [0.15, 0.2) is 4.99 Å². The van der Waals surface area contributed by atoms with Crippen molar-refractivity contribution in [3.8, 4) is 0 Å². The smallest absolute Gasteiger partial charge is 0.240 e. The van der Waals surface area contributed by atoms with Crippen molar-refractivity contribution in [3.05, 3.63) is 0 Å².